The minimum atomic E-state index is -0.634. The lowest BCUT2D eigenvalue weighted by atomic mass is 9.88. The molecule has 1 heterocycles. The van der Waals surface area contributed by atoms with Gasteiger partial charge in [0.1, 0.15) is 17.4 Å². The number of furan rings is 1. The van der Waals surface area contributed by atoms with Crippen LogP contribution in [0.15, 0.2) is 22.6 Å². The zero-order valence-electron chi connectivity index (χ0n) is 10.5. The molecule has 0 spiro atoms. The summed E-state index contributed by atoms with van der Waals surface area (Å²) in [5.74, 6) is 0.573. The van der Waals surface area contributed by atoms with Crippen molar-refractivity contribution in [1.82, 2.24) is 0 Å². The van der Waals surface area contributed by atoms with Crippen molar-refractivity contribution in [2.24, 2.45) is 5.41 Å². The first-order valence-electron chi connectivity index (χ1n) is 5.67. The van der Waals surface area contributed by atoms with Gasteiger partial charge in [-0.3, -0.25) is 0 Å². The largest absolute Gasteiger partial charge is 0.458 e. The number of aliphatic hydroxyl groups excluding tert-OH is 1. The lowest BCUT2D eigenvalue weighted by Gasteiger charge is -2.23. The van der Waals surface area contributed by atoms with Crippen LogP contribution in [0.3, 0.4) is 0 Å². The fourth-order valence-corrected chi connectivity index (χ4v) is 2.01. The Morgan fingerprint density at radius 3 is 2.47 bits per heavy atom. The molecule has 0 amide bonds. The van der Waals surface area contributed by atoms with Crippen molar-refractivity contribution in [1.29, 1.82) is 0 Å². The molecule has 92 valence electrons. The predicted octanol–water partition coefficient (Wildman–Crippen LogP) is 4.47. The maximum absolute atomic E-state index is 10.2. The first-order chi connectivity index (χ1) is 7.80. The molecule has 1 aromatic carbocycles. The number of rotatable bonds is 1. The van der Waals surface area contributed by atoms with E-state index in [0.29, 0.717) is 10.8 Å². The zero-order chi connectivity index (χ0) is 12.8. The summed E-state index contributed by atoms with van der Waals surface area (Å²) in [5.41, 5.74) is 1.53. The molecule has 0 radical (unpaired) electrons. The summed E-state index contributed by atoms with van der Waals surface area (Å²) in [4.78, 5) is 0. The molecule has 1 atom stereocenters. The molecule has 1 aromatic heterocycles. The van der Waals surface area contributed by atoms with Crippen molar-refractivity contribution in [3.05, 3.63) is 34.5 Å². The predicted molar refractivity (Wildman–Crippen MR) is 70.4 cm³/mol. The molecule has 1 N–H and O–H groups in total. The molecule has 3 heteroatoms. The van der Waals surface area contributed by atoms with E-state index in [-0.39, 0.29) is 5.41 Å². The van der Waals surface area contributed by atoms with Gasteiger partial charge >= 0.3 is 0 Å². The van der Waals surface area contributed by atoms with Crippen LogP contribution in [0, 0.1) is 12.3 Å². The second-order valence-electron chi connectivity index (χ2n) is 5.52. The number of benzene rings is 1. The van der Waals surface area contributed by atoms with Gasteiger partial charge in [0.15, 0.2) is 0 Å². The maximum atomic E-state index is 10.2. The molecule has 2 nitrogen and oxygen atoms in total. The van der Waals surface area contributed by atoms with Crippen LogP contribution < -0.4 is 0 Å². The fourth-order valence-electron chi connectivity index (χ4n) is 1.81. The van der Waals surface area contributed by atoms with Gasteiger partial charge < -0.3 is 9.52 Å². The Balaban J connectivity index is 2.59. The lowest BCUT2D eigenvalue weighted by Crippen LogP contribution is -2.16. The quantitative estimate of drug-likeness (QED) is 0.812. The van der Waals surface area contributed by atoms with Gasteiger partial charge in [-0.1, -0.05) is 38.4 Å². The Bertz CT molecular complexity index is 510. The van der Waals surface area contributed by atoms with Crippen LogP contribution in [-0.2, 0) is 0 Å². The van der Waals surface area contributed by atoms with Crippen molar-refractivity contribution < 1.29 is 9.52 Å². The number of aryl methyl sites for hydroxylation is 1. The summed E-state index contributed by atoms with van der Waals surface area (Å²) in [7, 11) is 0. The lowest BCUT2D eigenvalue weighted by molar-refractivity contribution is 0.0448. The Labute approximate surface area is 106 Å². The molecule has 2 aromatic rings. The minimum Gasteiger partial charge on any atom is -0.458 e. The summed E-state index contributed by atoms with van der Waals surface area (Å²) in [5, 5.41) is 11.7. The van der Waals surface area contributed by atoms with Crippen LogP contribution in [0.4, 0.5) is 0 Å². The summed E-state index contributed by atoms with van der Waals surface area (Å²) in [6.45, 7) is 7.88. The summed E-state index contributed by atoms with van der Waals surface area (Å²) in [6, 6.07) is 5.60. The molecule has 17 heavy (non-hydrogen) atoms. The van der Waals surface area contributed by atoms with Crippen LogP contribution in [0.2, 0.25) is 5.02 Å². The average Bonchev–Trinajstić information content (AvgIpc) is 2.67. The van der Waals surface area contributed by atoms with Crippen molar-refractivity contribution in [2.45, 2.75) is 33.8 Å². The standard InChI is InChI=1S/C14H17ClO2/c1-8-5-6-10(15)9-7-11(17-12(8)9)13(16)14(2,3)4/h5-7,13,16H,1-4H3. The average molecular weight is 253 g/mol. The van der Waals surface area contributed by atoms with Crippen molar-refractivity contribution in [2.75, 3.05) is 0 Å². The van der Waals surface area contributed by atoms with Crippen molar-refractivity contribution in [3.63, 3.8) is 0 Å². The summed E-state index contributed by atoms with van der Waals surface area (Å²) >= 11 is 6.12. The Hall–Kier alpha value is -0.990. The first kappa shape index (κ1) is 12.5. The van der Waals surface area contributed by atoms with Gasteiger partial charge in [0.05, 0.1) is 5.02 Å². The van der Waals surface area contributed by atoms with Crippen LogP contribution in [0.25, 0.3) is 11.0 Å². The van der Waals surface area contributed by atoms with E-state index in [2.05, 4.69) is 0 Å². The van der Waals surface area contributed by atoms with Crippen LogP contribution in [0.5, 0.6) is 0 Å². The third-order valence-corrected chi connectivity index (χ3v) is 3.27. The molecular weight excluding hydrogens is 236 g/mol. The van der Waals surface area contributed by atoms with Crippen LogP contribution >= 0.6 is 11.6 Å². The molecule has 0 aliphatic carbocycles. The molecule has 0 saturated carbocycles. The van der Waals surface area contributed by atoms with Crippen LogP contribution in [0.1, 0.15) is 38.2 Å². The monoisotopic (exact) mass is 252 g/mol. The van der Waals surface area contributed by atoms with E-state index in [4.69, 9.17) is 16.0 Å². The molecule has 0 aliphatic rings. The molecule has 2 rings (SSSR count). The maximum Gasteiger partial charge on any atom is 0.138 e. The highest BCUT2D eigenvalue weighted by Crippen LogP contribution is 2.37. The molecular formula is C14H17ClO2. The van der Waals surface area contributed by atoms with Crippen LogP contribution in [-0.4, -0.2) is 5.11 Å². The van der Waals surface area contributed by atoms with Gasteiger partial charge in [-0.2, -0.15) is 0 Å². The number of aliphatic hydroxyl groups is 1. The second-order valence-corrected chi connectivity index (χ2v) is 5.93. The van der Waals surface area contributed by atoms with E-state index in [0.717, 1.165) is 16.5 Å². The van der Waals surface area contributed by atoms with Gasteiger partial charge in [0.25, 0.3) is 0 Å². The van der Waals surface area contributed by atoms with E-state index in [1.54, 1.807) is 0 Å². The van der Waals surface area contributed by atoms with Gasteiger partial charge in [-0.15, -0.1) is 0 Å². The highest BCUT2D eigenvalue weighted by molar-refractivity contribution is 6.35. The number of hydrogen-bond donors (Lipinski definition) is 1. The molecule has 1 unspecified atom stereocenters. The SMILES string of the molecule is Cc1ccc(Cl)c2cc(C(O)C(C)(C)C)oc12. The number of halogens is 1. The van der Waals surface area contributed by atoms with Crippen molar-refractivity contribution in [3.8, 4) is 0 Å². The first-order valence-corrected chi connectivity index (χ1v) is 6.05. The number of hydrogen-bond acceptors (Lipinski definition) is 2. The second kappa shape index (κ2) is 4.04. The van der Waals surface area contributed by atoms with Crippen molar-refractivity contribution >= 4 is 22.6 Å². The van der Waals surface area contributed by atoms with Gasteiger partial charge in [-0.05, 0) is 30.0 Å². The fraction of sp³-hybridized carbons (Fsp3) is 0.429. The number of fused-ring (bicyclic) bond motifs is 1. The Kier molecular flexibility index (Phi) is 2.96. The van der Waals surface area contributed by atoms with E-state index >= 15 is 0 Å². The topological polar surface area (TPSA) is 33.4 Å². The molecule has 0 saturated heterocycles. The van der Waals surface area contributed by atoms with E-state index in [9.17, 15) is 5.11 Å². The third-order valence-electron chi connectivity index (χ3n) is 2.94. The Morgan fingerprint density at radius 2 is 1.94 bits per heavy atom. The summed E-state index contributed by atoms with van der Waals surface area (Å²) < 4.78 is 5.73. The third kappa shape index (κ3) is 2.20. The Morgan fingerprint density at radius 1 is 1.29 bits per heavy atom. The smallest absolute Gasteiger partial charge is 0.138 e. The summed E-state index contributed by atoms with van der Waals surface area (Å²) in [6.07, 6.45) is -0.634. The molecule has 0 bridgehead atoms. The van der Waals surface area contributed by atoms with Gasteiger partial charge in [0, 0.05) is 5.39 Å². The highest BCUT2D eigenvalue weighted by atomic mass is 35.5. The van der Waals surface area contributed by atoms with Gasteiger partial charge in [0.2, 0.25) is 0 Å². The van der Waals surface area contributed by atoms with E-state index in [1.807, 2.05) is 45.9 Å². The highest BCUT2D eigenvalue weighted by Gasteiger charge is 2.27. The van der Waals surface area contributed by atoms with E-state index in [1.165, 1.54) is 0 Å². The normalized spacial score (nSPS) is 14.2. The van der Waals surface area contributed by atoms with Gasteiger partial charge in [-0.25, -0.2) is 0 Å². The molecule has 0 fully saturated rings. The minimum absolute atomic E-state index is 0.256. The molecule has 0 aliphatic heterocycles. The zero-order valence-corrected chi connectivity index (χ0v) is 11.3. The van der Waals surface area contributed by atoms with E-state index < -0.39 is 6.10 Å².